The van der Waals surface area contributed by atoms with Crippen molar-refractivity contribution in [1.82, 2.24) is 0 Å². The van der Waals surface area contributed by atoms with Crippen LogP contribution in [-0.2, 0) is 14.6 Å². The molecule has 1 unspecified atom stereocenters. The molecular weight excluding hydrogens is 264 g/mol. The van der Waals surface area contributed by atoms with E-state index in [1.165, 1.54) is 25.1 Å². The van der Waals surface area contributed by atoms with Crippen LogP contribution in [0.25, 0.3) is 0 Å². The molecule has 1 aromatic rings. The van der Waals surface area contributed by atoms with Crippen LogP contribution in [0.1, 0.15) is 18.9 Å². The summed E-state index contributed by atoms with van der Waals surface area (Å²) in [6.07, 6.45) is -0.413. The maximum atomic E-state index is 12.0. The Labute approximate surface area is 105 Å². The molecule has 17 heavy (non-hydrogen) atoms. The van der Waals surface area contributed by atoms with Crippen LogP contribution in [-0.4, -0.2) is 24.7 Å². The molecule has 4 nitrogen and oxygen atoms in total. The Kier molecular flexibility index (Phi) is 4.16. The molecule has 94 valence electrons. The first-order valence-electron chi connectivity index (χ1n) is 4.97. The van der Waals surface area contributed by atoms with Crippen LogP contribution in [0.2, 0.25) is 5.02 Å². The van der Waals surface area contributed by atoms with Crippen LogP contribution in [0.3, 0.4) is 0 Å². The van der Waals surface area contributed by atoms with E-state index in [-0.39, 0.29) is 4.90 Å². The Morgan fingerprint density at radius 1 is 1.47 bits per heavy atom. The lowest BCUT2D eigenvalue weighted by Crippen LogP contribution is -2.21. The quantitative estimate of drug-likeness (QED) is 0.916. The highest BCUT2D eigenvalue weighted by Gasteiger charge is 2.25. The highest BCUT2D eigenvalue weighted by atomic mass is 35.5. The molecule has 1 aromatic carbocycles. The third-order valence-corrected chi connectivity index (χ3v) is 5.01. The molecule has 0 aliphatic heterocycles. The third kappa shape index (κ3) is 3.20. The second-order valence-electron chi connectivity index (χ2n) is 3.86. The fourth-order valence-corrected chi connectivity index (χ4v) is 2.93. The Morgan fingerprint density at radius 2 is 2.06 bits per heavy atom. The molecule has 0 saturated carbocycles. The van der Waals surface area contributed by atoms with Crippen LogP contribution in [0.15, 0.2) is 23.1 Å². The number of hydrogen-bond acceptors (Lipinski definition) is 3. The molecule has 0 bridgehead atoms. The van der Waals surface area contributed by atoms with Crippen LogP contribution >= 0.6 is 11.6 Å². The molecule has 0 heterocycles. The molecule has 0 saturated heterocycles. The van der Waals surface area contributed by atoms with E-state index in [0.29, 0.717) is 10.6 Å². The summed E-state index contributed by atoms with van der Waals surface area (Å²) in [4.78, 5) is 10.6. The molecule has 0 aromatic heterocycles. The second kappa shape index (κ2) is 5.06. The number of carboxylic acid groups (broad SMARTS) is 1. The number of aliphatic carboxylic acids is 1. The Bertz CT molecular complexity index is 536. The van der Waals surface area contributed by atoms with Crippen LogP contribution < -0.4 is 0 Å². The predicted octanol–water partition coefficient (Wildman–Crippen LogP) is 2.29. The van der Waals surface area contributed by atoms with Crippen molar-refractivity contribution in [2.45, 2.75) is 30.4 Å². The Balaban J connectivity index is 3.13. The van der Waals surface area contributed by atoms with Gasteiger partial charge in [-0.15, -0.1) is 0 Å². The number of benzene rings is 1. The van der Waals surface area contributed by atoms with E-state index < -0.39 is 27.5 Å². The highest BCUT2D eigenvalue weighted by molar-refractivity contribution is 7.92. The molecule has 0 aliphatic rings. The van der Waals surface area contributed by atoms with Crippen molar-refractivity contribution >= 4 is 27.4 Å². The molecule has 0 aliphatic carbocycles. The highest BCUT2D eigenvalue weighted by Crippen LogP contribution is 2.23. The lowest BCUT2D eigenvalue weighted by Gasteiger charge is -2.11. The lowest BCUT2D eigenvalue weighted by molar-refractivity contribution is -0.136. The fraction of sp³-hybridized carbons (Fsp3) is 0.364. The van der Waals surface area contributed by atoms with Gasteiger partial charge in [0.2, 0.25) is 0 Å². The van der Waals surface area contributed by atoms with Gasteiger partial charge < -0.3 is 5.11 Å². The lowest BCUT2D eigenvalue weighted by atomic mass is 10.2. The number of sulfone groups is 1. The fourth-order valence-electron chi connectivity index (χ4n) is 1.38. The molecule has 1 N–H and O–H groups in total. The number of halogens is 1. The largest absolute Gasteiger partial charge is 0.481 e. The van der Waals surface area contributed by atoms with E-state index in [1.807, 2.05) is 0 Å². The number of rotatable bonds is 4. The maximum absolute atomic E-state index is 12.0. The van der Waals surface area contributed by atoms with Crippen LogP contribution in [0.4, 0.5) is 0 Å². The summed E-state index contributed by atoms with van der Waals surface area (Å²) < 4.78 is 24.0. The van der Waals surface area contributed by atoms with Gasteiger partial charge in [-0.05, 0) is 37.6 Å². The van der Waals surface area contributed by atoms with Gasteiger partial charge in [0.25, 0.3) is 0 Å². The van der Waals surface area contributed by atoms with Crippen molar-refractivity contribution in [3.63, 3.8) is 0 Å². The third-order valence-electron chi connectivity index (χ3n) is 2.45. The van der Waals surface area contributed by atoms with Gasteiger partial charge in [0, 0.05) is 5.02 Å². The van der Waals surface area contributed by atoms with Crippen molar-refractivity contribution in [3.05, 3.63) is 28.8 Å². The minimum Gasteiger partial charge on any atom is -0.481 e. The first-order chi connectivity index (χ1) is 7.75. The standard InChI is InChI=1S/C11H13ClO4S/c1-7-5-9(3-4-10(7)12)17(15,16)8(2)6-11(13)14/h3-5,8H,6H2,1-2H3,(H,13,14). The molecular formula is C11H13ClO4S. The maximum Gasteiger partial charge on any atom is 0.304 e. The van der Waals surface area contributed by atoms with E-state index in [4.69, 9.17) is 16.7 Å². The molecule has 0 radical (unpaired) electrons. The van der Waals surface area contributed by atoms with E-state index >= 15 is 0 Å². The average Bonchev–Trinajstić information content (AvgIpc) is 2.20. The van der Waals surface area contributed by atoms with E-state index in [9.17, 15) is 13.2 Å². The molecule has 0 amide bonds. The second-order valence-corrected chi connectivity index (χ2v) is 6.64. The minimum atomic E-state index is -3.61. The summed E-state index contributed by atoms with van der Waals surface area (Å²) in [5.74, 6) is -1.13. The van der Waals surface area contributed by atoms with Crippen molar-refractivity contribution in [2.24, 2.45) is 0 Å². The van der Waals surface area contributed by atoms with Gasteiger partial charge in [0.05, 0.1) is 16.6 Å². The van der Waals surface area contributed by atoms with Gasteiger partial charge in [-0.25, -0.2) is 8.42 Å². The van der Waals surface area contributed by atoms with Crippen LogP contribution in [0.5, 0.6) is 0 Å². The summed E-state index contributed by atoms with van der Waals surface area (Å²) in [6.45, 7) is 3.08. The van der Waals surface area contributed by atoms with Crippen molar-refractivity contribution in [2.75, 3.05) is 0 Å². The van der Waals surface area contributed by atoms with Crippen LogP contribution in [0, 0.1) is 6.92 Å². The van der Waals surface area contributed by atoms with E-state index in [2.05, 4.69) is 0 Å². The van der Waals surface area contributed by atoms with E-state index in [1.54, 1.807) is 6.92 Å². The molecule has 1 rings (SSSR count). The first-order valence-corrected chi connectivity index (χ1v) is 6.89. The molecule has 6 heteroatoms. The summed E-state index contributed by atoms with van der Waals surface area (Å²) in [5, 5.41) is 8.13. The van der Waals surface area contributed by atoms with Crippen molar-refractivity contribution in [3.8, 4) is 0 Å². The zero-order chi connectivity index (χ0) is 13.2. The Hall–Kier alpha value is -1.07. The summed E-state index contributed by atoms with van der Waals surface area (Å²) >= 11 is 5.81. The topological polar surface area (TPSA) is 71.4 Å². The first kappa shape index (κ1) is 14.0. The van der Waals surface area contributed by atoms with E-state index in [0.717, 1.165) is 0 Å². The normalized spacial score (nSPS) is 13.4. The van der Waals surface area contributed by atoms with Gasteiger partial charge in [0.15, 0.2) is 9.84 Å². The van der Waals surface area contributed by atoms with Crippen molar-refractivity contribution < 1.29 is 18.3 Å². The monoisotopic (exact) mass is 276 g/mol. The van der Waals surface area contributed by atoms with Gasteiger partial charge in [-0.1, -0.05) is 11.6 Å². The number of aryl methyl sites for hydroxylation is 1. The predicted molar refractivity (Wildman–Crippen MR) is 65.1 cm³/mol. The minimum absolute atomic E-state index is 0.105. The average molecular weight is 277 g/mol. The molecule has 0 fully saturated rings. The Morgan fingerprint density at radius 3 is 2.53 bits per heavy atom. The zero-order valence-electron chi connectivity index (χ0n) is 9.47. The van der Waals surface area contributed by atoms with Crippen molar-refractivity contribution in [1.29, 1.82) is 0 Å². The number of carboxylic acids is 1. The smallest absolute Gasteiger partial charge is 0.304 e. The summed E-state index contributed by atoms with van der Waals surface area (Å²) in [6, 6.07) is 4.34. The summed E-state index contributed by atoms with van der Waals surface area (Å²) in [5.41, 5.74) is 0.648. The molecule has 1 atom stereocenters. The van der Waals surface area contributed by atoms with Gasteiger partial charge >= 0.3 is 5.97 Å². The SMILES string of the molecule is Cc1cc(S(=O)(=O)C(C)CC(=O)O)ccc1Cl. The van der Waals surface area contributed by atoms with Gasteiger partial charge in [-0.3, -0.25) is 4.79 Å². The number of carbonyl (C=O) groups is 1. The zero-order valence-corrected chi connectivity index (χ0v) is 11.0. The molecule has 0 spiro atoms. The van der Waals surface area contributed by atoms with Gasteiger partial charge in [0.1, 0.15) is 0 Å². The number of hydrogen-bond donors (Lipinski definition) is 1. The summed E-state index contributed by atoms with van der Waals surface area (Å²) in [7, 11) is -3.61. The van der Waals surface area contributed by atoms with Gasteiger partial charge in [-0.2, -0.15) is 0 Å².